The van der Waals surface area contributed by atoms with Gasteiger partial charge in [-0.2, -0.15) is 0 Å². The molecule has 106 valence electrons. The summed E-state index contributed by atoms with van der Waals surface area (Å²) in [6.45, 7) is 4.30. The highest BCUT2D eigenvalue weighted by atomic mass is 19.1. The van der Waals surface area contributed by atoms with Crippen LogP contribution in [-0.2, 0) is 0 Å². The maximum Gasteiger partial charge on any atom is 0.165 e. The fraction of sp³-hybridized carbons (Fsp3) is 0.625. The van der Waals surface area contributed by atoms with Gasteiger partial charge in [-0.05, 0) is 43.9 Å². The number of benzene rings is 1. The van der Waals surface area contributed by atoms with Gasteiger partial charge in [0.05, 0.1) is 7.11 Å². The molecule has 2 unspecified atom stereocenters. The van der Waals surface area contributed by atoms with Crippen molar-refractivity contribution in [2.75, 3.05) is 7.11 Å². The molecule has 0 bridgehead atoms. The molecule has 2 atom stereocenters. The van der Waals surface area contributed by atoms with E-state index in [1.807, 2.05) is 6.07 Å². The van der Waals surface area contributed by atoms with Gasteiger partial charge in [-0.15, -0.1) is 0 Å². The van der Waals surface area contributed by atoms with Crippen molar-refractivity contribution in [3.8, 4) is 5.75 Å². The molecule has 0 aromatic heterocycles. The van der Waals surface area contributed by atoms with Gasteiger partial charge in [0, 0.05) is 12.1 Å². The standard InChI is InChI=1S/C16H24FNO/c1-11(9-13-5-4-6-13)18-12(2)14-7-8-16(19-3)15(17)10-14/h7-8,10-13,18H,4-6,9H2,1-3H3. The van der Waals surface area contributed by atoms with Crippen LogP contribution in [-0.4, -0.2) is 13.2 Å². The zero-order chi connectivity index (χ0) is 13.8. The Morgan fingerprint density at radius 2 is 2.11 bits per heavy atom. The summed E-state index contributed by atoms with van der Waals surface area (Å²) in [5, 5.41) is 3.55. The summed E-state index contributed by atoms with van der Waals surface area (Å²) < 4.78 is 18.6. The molecule has 1 aliphatic rings. The smallest absolute Gasteiger partial charge is 0.165 e. The predicted molar refractivity (Wildman–Crippen MR) is 75.9 cm³/mol. The van der Waals surface area contributed by atoms with Gasteiger partial charge >= 0.3 is 0 Å². The number of rotatable bonds is 6. The van der Waals surface area contributed by atoms with Crippen LogP contribution in [0.15, 0.2) is 18.2 Å². The molecule has 2 rings (SSSR count). The quantitative estimate of drug-likeness (QED) is 0.837. The summed E-state index contributed by atoms with van der Waals surface area (Å²) in [6.07, 6.45) is 5.36. The Balaban J connectivity index is 1.90. The Morgan fingerprint density at radius 1 is 1.37 bits per heavy atom. The molecule has 0 heterocycles. The fourth-order valence-corrected chi connectivity index (χ4v) is 2.77. The third-order valence-corrected chi connectivity index (χ3v) is 4.12. The van der Waals surface area contributed by atoms with Crippen LogP contribution < -0.4 is 10.1 Å². The number of halogens is 1. The molecular formula is C16H24FNO. The van der Waals surface area contributed by atoms with Crippen molar-refractivity contribution in [3.05, 3.63) is 29.6 Å². The molecule has 0 radical (unpaired) electrons. The predicted octanol–water partition coefficient (Wildman–Crippen LogP) is 4.06. The van der Waals surface area contributed by atoms with E-state index in [1.54, 1.807) is 12.1 Å². The van der Waals surface area contributed by atoms with Gasteiger partial charge in [0.2, 0.25) is 0 Å². The van der Waals surface area contributed by atoms with Crippen LogP contribution in [0.3, 0.4) is 0 Å². The van der Waals surface area contributed by atoms with E-state index < -0.39 is 0 Å². The summed E-state index contributed by atoms with van der Waals surface area (Å²) in [5.74, 6) is 0.904. The first-order valence-corrected chi connectivity index (χ1v) is 7.19. The van der Waals surface area contributed by atoms with Crippen molar-refractivity contribution < 1.29 is 9.13 Å². The molecule has 19 heavy (non-hydrogen) atoms. The van der Waals surface area contributed by atoms with Crippen molar-refractivity contribution in [1.29, 1.82) is 0 Å². The van der Waals surface area contributed by atoms with Crippen molar-refractivity contribution >= 4 is 0 Å². The molecule has 1 fully saturated rings. The maximum atomic E-state index is 13.7. The Bertz CT molecular complexity index is 417. The molecular weight excluding hydrogens is 241 g/mol. The zero-order valence-corrected chi connectivity index (χ0v) is 12.1. The third-order valence-electron chi connectivity index (χ3n) is 4.12. The molecule has 0 spiro atoms. The van der Waals surface area contributed by atoms with Crippen LogP contribution in [0.5, 0.6) is 5.75 Å². The van der Waals surface area contributed by atoms with Crippen molar-refractivity contribution in [2.45, 2.75) is 51.6 Å². The van der Waals surface area contributed by atoms with Gasteiger partial charge in [-0.25, -0.2) is 4.39 Å². The second-order valence-corrected chi connectivity index (χ2v) is 5.72. The monoisotopic (exact) mass is 265 g/mol. The molecule has 2 nitrogen and oxygen atoms in total. The van der Waals surface area contributed by atoms with Crippen LogP contribution in [0.2, 0.25) is 0 Å². The lowest BCUT2D eigenvalue weighted by Gasteiger charge is -2.30. The second kappa shape index (κ2) is 6.38. The van der Waals surface area contributed by atoms with Gasteiger partial charge in [0.15, 0.2) is 11.6 Å². The number of hydrogen-bond acceptors (Lipinski definition) is 2. The van der Waals surface area contributed by atoms with Crippen molar-refractivity contribution in [2.24, 2.45) is 5.92 Å². The minimum atomic E-state index is -0.291. The van der Waals surface area contributed by atoms with E-state index in [0.29, 0.717) is 11.8 Å². The molecule has 1 aromatic carbocycles. The average molecular weight is 265 g/mol. The SMILES string of the molecule is COc1ccc(C(C)NC(C)CC2CCC2)cc1F. The average Bonchev–Trinajstić information content (AvgIpc) is 2.33. The maximum absolute atomic E-state index is 13.7. The Labute approximate surface area is 115 Å². The second-order valence-electron chi connectivity index (χ2n) is 5.72. The first-order chi connectivity index (χ1) is 9.10. The number of nitrogens with one attached hydrogen (secondary N) is 1. The van der Waals surface area contributed by atoms with Crippen LogP contribution >= 0.6 is 0 Å². The van der Waals surface area contributed by atoms with E-state index in [0.717, 1.165) is 11.5 Å². The van der Waals surface area contributed by atoms with Gasteiger partial charge in [0.1, 0.15) is 0 Å². The minimum Gasteiger partial charge on any atom is -0.494 e. The fourth-order valence-electron chi connectivity index (χ4n) is 2.77. The first kappa shape index (κ1) is 14.3. The molecule has 1 saturated carbocycles. The first-order valence-electron chi connectivity index (χ1n) is 7.19. The van der Waals surface area contributed by atoms with Crippen molar-refractivity contribution in [1.82, 2.24) is 5.32 Å². The highest BCUT2D eigenvalue weighted by Gasteiger charge is 2.21. The van der Waals surface area contributed by atoms with E-state index in [-0.39, 0.29) is 11.9 Å². The zero-order valence-electron chi connectivity index (χ0n) is 12.1. The lowest BCUT2D eigenvalue weighted by atomic mass is 9.81. The lowest BCUT2D eigenvalue weighted by Crippen LogP contribution is -2.32. The van der Waals surface area contributed by atoms with Crippen molar-refractivity contribution in [3.63, 3.8) is 0 Å². The summed E-state index contributed by atoms with van der Waals surface area (Å²) >= 11 is 0. The van der Waals surface area contributed by atoms with Crippen LogP contribution in [0.4, 0.5) is 4.39 Å². The highest BCUT2D eigenvalue weighted by molar-refractivity contribution is 5.30. The van der Waals surface area contributed by atoms with E-state index in [9.17, 15) is 4.39 Å². The van der Waals surface area contributed by atoms with Gasteiger partial charge in [-0.3, -0.25) is 0 Å². The van der Waals surface area contributed by atoms with Crippen LogP contribution in [0.25, 0.3) is 0 Å². The molecule has 0 aliphatic heterocycles. The molecule has 3 heteroatoms. The molecule has 1 aliphatic carbocycles. The normalized spacial score (nSPS) is 18.7. The summed E-state index contributed by atoms with van der Waals surface area (Å²) in [5.41, 5.74) is 0.971. The molecule has 1 N–H and O–H groups in total. The molecule has 1 aromatic rings. The van der Waals surface area contributed by atoms with E-state index >= 15 is 0 Å². The van der Waals surface area contributed by atoms with E-state index in [2.05, 4.69) is 19.2 Å². The van der Waals surface area contributed by atoms with Crippen LogP contribution in [0, 0.1) is 11.7 Å². The third kappa shape index (κ3) is 3.69. The van der Waals surface area contributed by atoms with Gasteiger partial charge in [-0.1, -0.05) is 25.3 Å². The number of ether oxygens (including phenoxy) is 1. The minimum absolute atomic E-state index is 0.162. The summed E-state index contributed by atoms with van der Waals surface area (Å²) in [6, 6.07) is 5.82. The number of methoxy groups -OCH3 is 1. The summed E-state index contributed by atoms with van der Waals surface area (Å²) in [7, 11) is 1.49. The number of hydrogen-bond donors (Lipinski definition) is 1. The van der Waals surface area contributed by atoms with E-state index in [1.165, 1.54) is 32.8 Å². The van der Waals surface area contributed by atoms with Gasteiger partial charge < -0.3 is 10.1 Å². The largest absolute Gasteiger partial charge is 0.494 e. The Hall–Kier alpha value is -1.09. The lowest BCUT2D eigenvalue weighted by molar-refractivity contribution is 0.259. The molecule has 0 amide bonds. The topological polar surface area (TPSA) is 21.3 Å². The Kier molecular flexibility index (Phi) is 4.81. The van der Waals surface area contributed by atoms with E-state index in [4.69, 9.17) is 4.74 Å². The molecule has 0 saturated heterocycles. The highest BCUT2D eigenvalue weighted by Crippen LogP contribution is 2.31. The Morgan fingerprint density at radius 3 is 2.63 bits per heavy atom. The summed E-state index contributed by atoms with van der Waals surface area (Å²) in [4.78, 5) is 0. The van der Waals surface area contributed by atoms with Gasteiger partial charge in [0.25, 0.3) is 0 Å². The van der Waals surface area contributed by atoms with Crippen LogP contribution in [0.1, 0.15) is 51.1 Å².